The molecule has 0 aromatic carbocycles. The van der Waals surface area contributed by atoms with Gasteiger partial charge in [0.25, 0.3) is 0 Å². The fourth-order valence-electron chi connectivity index (χ4n) is 1.67. The van der Waals surface area contributed by atoms with Crippen molar-refractivity contribution in [1.29, 1.82) is 0 Å². The number of unbranched alkanes of at least 4 members (excludes halogenated alkanes) is 2. The van der Waals surface area contributed by atoms with Gasteiger partial charge in [0.2, 0.25) is 0 Å². The number of rotatable bonds is 9. The molecule has 0 unspecified atom stereocenters. The molecule has 1 heterocycles. The molecule has 0 spiro atoms. The standard InChI is InChI=1S/C11H19N3O4/c1-18-8-10-9(7-11(16)17)12-13-14(10)5-3-2-4-6-15/h15H,2-8H2,1H3,(H,16,17). The highest BCUT2D eigenvalue weighted by Crippen LogP contribution is 2.10. The van der Waals surface area contributed by atoms with Gasteiger partial charge in [0.05, 0.1) is 24.4 Å². The summed E-state index contributed by atoms with van der Waals surface area (Å²) in [6.07, 6.45) is 2.38. The first-order chi connectivity index (χ1) is 8.69. The monoisotopic (exact) mass is 257 g/mol. The fraction of sp³-hybridized carbons (Fsp3) is 0.727. The second kappa shape index (κ2) is 7.78. The van der Waals surface area contributed by atoms with E-state index in [-0.39, 0.29) is 13.0 Å². The van der Waals surface area contributed by atoms with Gasteiger partial charge in [-0.1, -0.05) is 5.21 Å². The Morgan fingerprint density at radius 1 is 1.39 bits per heavy atom. The first-order valence-electron chi connectivity index (χ1n) is 5.91. The topological polar surface area (TPSA) is 97.5 Å². The van der Waals surface area contributed by atoms with Crippen molar-refractivity contribution in [2.45, 2.75) is 38.8 Å². The normalized spacial score (nSPS) is 10.8. The second-order valence-electron chi connectivity index (χ2n) is 3.99. The molecule has 0 saturated carbocycles. The summed E-state index contributed by atoms with van der Waals surface area (Å²) >= 11 is 0. The number of nitrogens with zero attached hydrogens (tertiary/aromatic N) is 3. The van der Waals surface area contributed by atoms with Gasteiger partial charge in [-0.25, -0.2) is 4.68 Å². The Bertz CT molecular complexity index is 378. The van der Waals surface area contributed by atoms with E-state index in [1.807, 2.05) is 0 Å². The van der Waals surface area contributed by atoms with Crippen molar-refractivity contribution in [2.24, 2.45) is 0 Å². The van der Waals surface area contributed by atoms with Crippen molar-refractivity contribution < 1.29 is 19.7 Å². The van der Waals surface area contributed by atoms with Gasteiger partial charge < -0.3 is 14.9 Å². The molecule has 1 aromatic heterocycles. The molecule has 0 amide bonds. The van der Waals surface area contributed by atoms with E-state index in [0.717, 1.165) is 19.3 Å². The van der Waals surface area contributed by atoms with Crippen LogP contribution in [0.4, 0.5) is 0 Å². The minimum atomic E-state index is -0.931. The summed E-state index contributed by atoms with van der Waals surface area (Å²) in [7, 11) is 1.55. The van der Waals surface area contributed by atoms with Crippen LogP contribution in [0.1, 0.15) is 30.7 Å². The molecule has 7 heteroatoms. The number of hydrogen-bond donors (Lipinski definition) is 2. The van der Waals surface area contributed by atoms with Crippen molar-refractivity contribution in [3.8, 4) is 0 Å². The number of aliphatic carboxylic acids is 1. The number of methoxy groups -OCH3 is 1. The molecule has 0 fully saturated rings. The maximum absolute atomic E-state index is 10.7. The molecule has 0 bridgehead atoms. The van der Waals surface area contributed by atoms with E-state index in [2.05, 4.69) is 10.3 Å². The van der Waals surface area contributed by atoms with Crippen LogP contribution in [0.15, 0.2) is 0 Å². The molecule has 0 radical (unpaired) electrons. The minimum absolute atomic E-state index is 0.144. The van der Waals surface area contributed by atoms with Gasteiger partial charge in [-0.15, -0.1) is 5.10 Å². The number of aliphatic hydroxyl groups is 1. The highest BCUT2D eigenvalue weighted by Gasteiger charge is 2.15. The number of aromatic nitrogens is 3. The van der Waals surface area contributed by atoms with Gasteiger partial charge in [0, 0.05) is 20.3 Å². The first kappa shape index (κ1) is 14.6. The van der Waals surface area contributed by atoms with Gasteiger partial charge in [-0.3, -0.25) is 4.79 Å². The molecule has 0 atom stereocenters. The van der Waals surface area contributed by atoms with Crippen LogP contribution in [0.2, 0.25) is 0 Å². The maximum Gasteiger partial charge on any atom is 0.309 e. The minimum Gasteiger partial charge on any atom is -0.481 e. The van der Waals surface area contributed by atoms with Crippen LogP contribution < -0.4 is 0 Å². The number of aryl methyl sites for hydroxylation is 1. The lowest BCUT2D eigenvalue weighted by molar-refractivity contribution is -0.136. The first-order valence-corrected chi connectivity index (χ1v) is 5.91. The molecule has 2 N–H and O–H groups in total. The largest absolute Gasteiger partial charge is 0.481 e. The molecule has 0 aliphatic heterocycles. The predicted molar refractivity (Wildman–Crippen MR) is 63.0 cm³/mol. The molecule has 7 nitrogen and oxygen atoms in total. The zero-order valence-corrected chi connectivity index (χ0v) is 10.5. The Morgan fingerprint density at radius 2 is 2.17 bits per heavy atom. The highest BCUT2D eigenvalue weighted by atomic mass is 16.5. The van der Waals surface area contributed by atoms with E-state index in [1.165, 1.54) is 0 Å². The maximum atomic E-state index is 10.7. The van der Waals surface area contributed by atoms with E-state index in [0.29, 0.717) is 24.5 Å². The third-order valence-electron chi connectivity index (χ3n) is 2.55. The molecule has 1 rings (SSSR count). The fourth-order valence-corrected chi connectivity index (χ4v) is 1.67. The lowest BCUT2D eigenvalue weighted by atomic mass is 10.2. The van der Waals surface area contributed by atoms with Crippen LogP contribution >= 0.6 is 0 Å². The van der Waals surface area contributed by atoms with E-state index in [1.54, 1.807) is 11.8 Å². The molecule has 102 valence electrons. The van der Waals surface area contributed by atoms with Gasteiger partial charge in [0.15, 0.2) is 0 Å². The lowest BCUT2D eigenvalue weighted by Crippen LogP contribution is -2.09. The van der Waals surface area contributed by atoms with Crippen molar-refractivity contribution >= 4 is 5.97 Å². The van der Waals surface area contributed by atoms with E-state index in [4.69, 9.17) is 14.9 Å². The Balaban J connectivity index is 2.65. The number of hydrogen-bond acceptors (Lipinski definition) is 5. The summed E-state index contributed by atoms with van der Waals surface area (Å²) in [5.41, 5.74) is 1.16. The number of ether oxygens (including phenoxy) is 1. The van der Waals surface area contributed by atoms with Gasteiger partial charge >= 0.3 is 5.97 Å². The SMILES string of the molecule is COCc1c(CC(=O)O)nnn1CCCCCO. The van der Waals surface area contributed by atoms with Crippen molar-refractivity contribution in [1.82, 2.24) is 15.0 Å². The molecule has 0 aliphatic rings. The zero-order chi connectivity index (χ0) is 13.4. The average Bonchev–Trinajstić information content (AvgIpc) is 2.68. The molecular formula is C11H19N3O4. The summed E-state index contributed by atoms with van der Waals surface area (Å²) < 4.78 is 6.72. The number of carbonyl (C=O) groups is 1. The van der Waals surface area contributed by atoms with Crippen LogP contribution in [0.25, 0.3) is 0 Å². The highest BCUT2D eigenvalue weighted by molar-refractivity contribution is 5.69. The van der Waals surface area contributed by atoms with E-state index in [9.17, 15) is 4.79 Å². The lowest BCUT2D eigenvalue weighted by Gasteiger charge is -2.06. The molecule has 0 saturated heterocycles. The van der Waals surface area contributed by atoms with Crippen LogP contribution in [0, 0.1) is 0 Å². The van der Waals surface area contributed by atoms with E-state index < -0.39 is 5.97 Å². The Kier molecular flexibility index (Phi) is 6.31. The van der Waals surface area contributed by atoms with Crippen LogP contribution in [-0.4, -0.2) is 44.9 Å². The van der Waals surface area contributed by atoms with E-state index >= 15 is 0 Å². The molecule has 18 heavy (non-hydrogen) atoms. The summed E-state index contributed by atoms with van der Waals surface area (Å²) in [6, 6.07) is 0. The van der Waals surface area contributed by atoms with Crippen LogP contribution in [0.3, 0.4) is 0 Å². The summed E-state index contributed by atoms with van der Waals surface area (Å²) in [5.74, 6) is -0.931. The Morgan fingerprint density at radius 3 is 2.78 bits per heavy atom. The number of carboxylic acids is 1. The van der Waals surface area contributed by atoms with Gasteiger partial charge in [-0.05, 0) is 19.3 Å². The molecular weight excluding hydrogens is 238 g/mol. The second-order valence-corrected chi connectivity index (χ2v) is 3.99. The van der Waals surface area contributed by atoms with Crippen molar-refractivity contribution in [3.05, 3.63) is 11.4 Å². The summed E-state index contributed by atoms with van der Waals surface area (Å²) in [6.45, 7) is 1.15. The van der Waals surface area contributed by atoms with Crippen LogP contribution in [-0.2, 0) is 29.1 Å². The number of aliphatic hydroxyl groups excluding tert-OH is 1. The third-order valence-corrected chi connectivity index (χ3v) is 2.55. The van der Waals surface area contributed by atoms with Gasteiger partial charge in [0.1, 0.15) is 0 Å². The molecule has 1 aromatic rings. The van der Waals surface area contributed by atoms with Crippen LogP contribution in [0.5, 0.6) is 0 Å². The quantitative estimate of drug-likeness (QED) is 0.614. The average molecular weight is 257 g/mol. The predicted octanol–water partition coefficient (Wildman–Crippen LogP) is 0.214. The smallest absolute Gasteiger partial charge is 0.309 e. The zero-order valence-electron chi connectivity index (χ0n) is 10.5. The Labute approximate surface area is 105 Å². The van der Waals surface area contributed by atoms with Crippen molar-refractivity contribution in [3.63, 3.8) is 0 Å². The summed E-state index contributed by atoms with van der Waals surface area (Å²) in [5, 5.41) is 25.3. The number of carboxylic acid groups (broad SMARTS) is 1. The third kappa shape index (κ3) is 4.42. The summed E-state index contributed by atoms with van der Waals surface area (Å²) in [4.78, 5) is 10.7. The molecule has 0 aliphatic carbocycles. The Hall–Kier alpha value is -1.47. The van der Waals surface area contributed by atoms with Crippen molar-refractivity contribution in [2.75, 3.05) is 13.7 Å². The van der Waals surface area contributed by atoms with Gasteiger partial charge in [-0.2, -0.15) is 0 Å².